The SMILES string of the molecule is COC(=O)C1=C(Br)CNCC1. The molecule has 0 aromatic carbocycles. The van der Waals surface area contributed by atoms with Crippen LogP contribution in [-0.4, -0.2) is 26.2 Å². The predicted octanol–water partition coefficient (Wildman–Crippen LogP) is 0.802. The van der Waals surface area contributed by atoms with Crippen LogP contribution in [0.5, 0.6) is 0 Å². The van der Waals surface area contributed by atoms with Crippen molar-refractivity contribution in [1.82, 2.24) is 5.32 Å². The van der Waals surface area contributed by atoms with Gasteiger partial charge in [0.2, 0.25) is 0 Å². The number of hydrogen-bond acceptors (Lipinski definition) is 3. The number of ether oxygens (including phenoxy) is 1. The number of halogens is 1. The lowest BCUT2D eigenvalue weighted by atomic mass is 10.1. The van der Waals surface area contributed by atoms with E-state index in [-0.39, 0.29) is 5.97 Å². The van der Waals surface area contributed by atoms with Gasteiger partial charge in [0.25, 0.3) is 0 Å². The first-order chi connectivity index (χ1) is 5.25. The number of rotatable bonds is 1. The third kappa shape index (κ3) is 2.04. The molecule has 3 nitrogen and oxygen atoms in total. The van der Waals surface area contributed by atoms with Crippen LogP contribution in [0.2, 0.25) is 0 Å². The van der Waals surface area contributed by atoms with Crippen molar-refractivity contribution >= 4 is 21.9 Å². The van der Waals surface area contributed by atoms with E-state index in [4.69, 9.17) is 0 Å². The third-order valence-corrected chi connectivity index (χ3v) is 2.35. The van der Waals surface area contributed by atoms with Gasteiger partial charge < -0.3 is 10.1 Å². The van der Waals surface area contributed by atoms with Gasteiger partial charge in [-0.2, -0.15) is 0 Å². The lowest BCUT2D eigenvalue weighted by Crippen LogP contribution is -2.26. The Hall–Kier alpha value is -0.350. The van der Waals surface area contributed by atoms with Gasteiger partial charge in [0.05, 0.1) is 7.11 Å². The molecule has 0 aromatic rings. The predicted molar refractivity (Wildman–Crippen MR) is 45.5 cm³/mol. The Labute approximate surface area is 73.9 Å². The van der Waals surface area contributed by atoms with Crippen molar-refractivity contribution in [3.8, 4) is 0 Å². The molecule has 0 radical (unpaired) electrons. The Balaban J connectivity index is 2.74. The minimum Gasteiger partial charge on any atom is -0.466 e. The van der Waals surface area contributed by atoms with Crippen LogP contribution in [0, 0.1) is 0 Å². The summed E-state index contributed by atoms with van der Waals surface area (Å²) in [7, 11) is 1.40. The zero-order valence-corrected chi connectivity index (χ0v) is 7.90. The van der Waals surface area contributed by atoms with Crippen molar-refractivity contribution in [3.05, 3.63) is 10.1 Å². The average Bonchev–Trinajstić information content (AvgIpc) is 2.04. The quantitative estimate of drug-likeness (QED) is 0.664. The largest absolute Gasteiger partial charge is 0.466 e. The Kier molecular flexibility index (Phi) is 3.08. The highest BCUT2D eigenvalue weighted by atomic mass is 79.9. The Morgan fingerprint density at radius 2 is 2.45 bits per heavy atom. The molecule has 0 unspecified atom stereocenters. The van der Waals surface area contributed by atoms with Crippen molar-refractivity contribution < 1.29 is 9.53 Å². The number of methoxy groups -OCH3 is 1. The van der Waals surface area contributed by atoms with E-state index in [1.54, 1.807) is 0 Å². The molecule has 11 heavy (non-hydrogen) atoms. The molecular weight excluding hydrogens is 210 g/mol. The number of esters is 1. The van der Waals surface area contributed by atoms with Crippen molar-refractivity contribution in [3.63, 3.8) is 0 Å². The normalized spacial score (nSPS) is 18.4. The molecular formula is C7H10BrNO2. The maximum atomic E-state index is 11.0. The summed E-state index contributed by atoms with van der Waals surface area (Å²) in [5.74, 6) is -0.224. The lowest BCUT2D eigenvalue weighted by Gasteiger charge is -2.15. The van der Waals surface area contributed by atoms with Gasteiger partial charge in [-0.3, -0.25) is 0 Å². The summed E-state index contributed by atoms with van der Waals surface area (Å²) in [6, 6.07) is 0. The highest BCUT2D eigenvalue weighted by Gasteiger charge is 2.16. The highest BCUT2D eigenvalue weighted by Crippen LogP contribution is 2.18. The molecule has 0 saturated heterocycles. The molecule has 1 aliphatic heterocycles. The lowest BCUT2D eigenvalue weighted by molar-refractivity contribution is -0.136. The van der Waals surface area contributed by atoms with Crippen LogP contribution in [0.4, 0.5) is 0 Å². The van der Waals surface area contributed by atoms with Crippen LogP contribution in [0.15, 0.2) is 10.1 Å². The maximum Gasteiger partial charge on any atom is 0.334 e. The van der Waals surface area contributed by atoms with Crippen LogP contribution < -0.4 is 5.32 Å². The van der Waals surface area contributed by atoms with E-state index >= 15 is 0 Å². The van der Waals surface area contributed by atoms with Gasteiger partial charge in [-0.25, -0.2) is 4.79 Å². The van der Waals surface area contributed by atoms with E-state index in [9.17, 15) is 4.79 Å². The molecule has 1 heterocycles. The fourth-order valence-corrected chi connectivity index (χ4v) is 1.55. The molecule has 0 amide bonds. The molecule has 1 rings (SSSR count). The zero-order valence-electron chi connectivity index (χ0n) is 6.32. The van der Waals surface area contributed by atoms with Gasteiger partial charge in [-0.1, -0.05) is 15.9 Å². The molecule has 1 N–H and O–H groups in total. The monoisotopic (exact) mass is 219 g/mol. The molecule has 0 atom stereocenters. The van der Waals surface area contributed by atoms with Crippen LogP contribution in [0.3, 0.4) is 0 Å². The van der Waals surface area contributed by atoms with Gasteiger partial charge in [0, 0.05) is 16.6 Å². The highest BCUT2D eigenvalue weighted by molar-refractivity contribution is 9.11. The number of carbonyl (C=O) groups excluding carboxylic acids is 1. The van der Waals surface area contributed by atoms with Crippen LogP contribution in [-0.2, 0) is 9.53 Å². The summed E-state index contributed by atoms with van der Waals surface area (Å²) in [5, 5.41) is 3.13. The molecule has 0 aliphatic carbocycles. The van der Waals surface area contributed by atoms with Crippen LogP contribution in [0.1, 0.15) is 6.42 Å². The Morgan fingerprint density at radius 1 is 1.73 bits per heavy atom. The second-order valence-electron chi connectivity index (χ2n) is 2.30. The Morgan fingerprint density at radius 3 is 3.00 bits per heavy atom. The van der Waals surface area contributed by atoms with E-state index in [0.717, 1.165) is 29.6 Å². The number of carbonyl (C=O) groups is 1. The number of nitrogens with one attached hydrogen (secondary N) is 1. The smallest absolute Gasteiger partial charge is 0.334 e. The second kappa shape index (κ2) is 3.88. The first-order valence-corrected chi connectivity index (χ1v) is 4.21. The van der Waals surface area contributed by atoms with E-state index in [2.05, 4.69) is 26.0 Å². The minimum atomic E-state index is -0.224. The van der Waals surface area contributed by atoms with Gasteiger partial charge in [-0.15, -0.1) is 0 Å². The van der Waals surface area contributed by atoms with Crippen molar-refractivity contribution in [2.24, 2.45) is 0 Å². The molecule has 1 aliphatic rings. The molecule has 0 saturated carbocycles. The van der Waals surface area contributed by atoms with Gasteiger partial charge in [-0.05, 0) is 13.0 Å². The molecule has 4 heteroatoms. The molecule has 0 aromatic heterocycles. The van der Waals surface area contributed by atoms with E-state index in [1.807, 2.05) is 0 Å². The summed E-state index contributed by atoms with van der Waals surface area (Å²) in [4.78, 5) is 11.0. The fraction of sp³-hybridized carbons (Fsp3) is 0.571. The first kappa shape index (κ1) is 8.74. The summed E-state index contributed by atoms with van der Waals surface area (Å²) >= 11 is 3.31. The van der Waals surface area contributed by atoms with Crippen LogP contribution >= 0.6 is 15.9 Å². The average molecular weight is 220 g/mol. The Bertz CT molecular complexity index is 201. The molecule has 0 bridgehead atoms. The molecule has 0 spiro atoms. The standard InChI is InChI=1S/C7H10BrNO2/c1-11-7(10)5-2-3-9-4-6(5)8/h9H,2-4H2,1H3. The van der Waals surface area contributed by atoms with Crippen molar-refractivity contribution in [1.29, 1.82) is 0 Å². The summed E-state index contributed by atoms with van der Waals surface area (Å²) in [6.07, 6.45) is 0.743. The molecule has 62 valence electrons. The summed E-state index contributed by atoms with van der Waals surface area (Å²) in [6.45, 7) is 1.57. The van der Waals surface area contributed by atoms with Crippen molar-refractivity contribution in [2.45, 2.75) is 6.42 Å². The van der Waals surface area contributed by atoms with Gasteiger partial charge >= 0.3 is 5.97 Å². The topological polar surface area (TPSA) is 38.3 Å². The summed E-state index contributed by atoms with van der Waals surface area (Å²) < 4.78 is 5.52. The minimum absolute atomic E-state index is 0.224. The van der Waals surface area contributed by atoms with E-state index in [0.29, 0.717) is 0 Å². The number of hydrogen-bond donors (Lipinski definition) is 1. The summed E-state index contributed by atoms with van der Waals surface area (Å²) in [5.41, 5.74) is 0.756. The first-order valence-electron chi connectivity index (χ1n) is 3.42. The second-order valence-corrected chi connectivity index (χ2v) is 3.26. The van der Waals surface area contributed by atoms with Crippen molar-refractivity contribution in [2.75, 3.05) is 20.2 Å². The van der Waals surface area contributed by atoms with Crippen LogP contribution in [0.25, 0.3) is 0 Å². The third-order valence-electron chi connectivity index (χ3n) is 1.59. The van der Waals surface area contributed by atoms with Gasteiger partial charge in [0.15, 0.2) is 0 Å². The zero-order chi connectivity index (χ0) is 8.27. The van der Waals surface area contributed by atoms with Gasteiger partial charge in [0.1, 0.15) is 0 Å². The molecule has 0 fully saturated rings. The van der Waals surface area contributed by atoms with E-state index in [1.165, 1.54) is 7.11 Å². The van der Waals surface area contributed by atoms with E-state index < -0.39 is 0 Å². The fourth-order valence-electron chi connectivity index (χ4n) is 0.990. The maximum absolute atomic E-state index is 11.0.